The Labute approximate surface area is 95.5 Å². The highest BCUT2D eigenvalue weighted by Gasteiger charge is 2.38. The SMILES string of the molecule is O=C(c1cccnc1)[C@@H]1CN2CCC1CC2. The molecular weight excluding hydrogens is 200 g/mol. The molecule has 0 amide bonds. The van der Waals surface area contributed by atoms with Gasteiger partial charge in [0.2, 0.25) is 0 Å². The largest absolute Gasteiger partial charge is 0.303 e. The second-order valence-electron chi connectivity index (χ2n) is 4.85. The number of piperidine rings is 3. The molecule has 0 aromatic carbocycles. The first kappa shape index (κ1) is 9.97. The molecule has 84 valence electrons. The molecule has 1 atom stereocenters. The highest BCUT2D eigenvalue weighted by molar-refractivity contribution is 5.98. The van der Waals surface area contributed by atoms with Crippen molar-refractivity contribution in [1.82, 2.24) is 9.88 Å². The Morgan fingerprint density at radius 2 is 2.19 bits per heavy atom. The van der Waals surface area contributed by atoms with Crippen LogP contribution in [0.15, 0.2) is 24.5 Å². The van der Waals surface area contributed by atoms with Gasteiger partial charge in [-0.3, -0.25) is 9.78 Å². The molecule has 3 nitrogen and oxygen atoms in total. The molecule has 4 rings (SSSR count). The number of hydrogen-bond acceptors (Lipinski definition) is 3. The maximum Gasteiger partial charge on any atom is 0.169 e. The van der Waals surface area contributed by atoms with Crippen molar-refractivity contribution >= 4 is 5.78 Å². The van der Waals surface area contributed by atoms with E-state index in [1.807, 2.05) is 12.1 Å². The van der Waals surface area contributed by atoms with Gasteiger partial charge in [-0.15, -0.1) is 0 Å². The second-order valence-corrected chi connectivity index (χ2v) is 4.85. The minimum Gasteiger partial charge on any atom is -0.303 e. The predicted molar refractivity (Wildman–Crippen MR) is 61.2 cm³/mol. The van der Waals surface area contributed by atoms with Crippen LogP contribution in [0.25, 0.3) is 0 Å². The third-order valence-corrected chi connectivity index (χ3v) is 3.94. The van der Waals surface area contributed by atoms with Crippen molar-refractivity contribution in [1.29, 1.82) is 0 Å². The Hall–Kier alpha value is -1.22. The summed E-state index contributed by atoms with van der Waals surface area (Å²) < 4.78 is 0. The second kappa shape index (κ2) is 3.98. The Morgan fingerprint density at radius 3 is 2.75 bits per heavy atom. The van der Waals surface area contributed by atoms with Crippen LogP contribution in [0.5, 0.6) is 0 Å². The molecule has 16 heavy (non-hydrogen) atoms. The number of carbonyl (C=O) groups excluding carboxylic acids is 1. The summed E-state index contributed by atoms with van der Waals surface area (Å²) in [4.78, 5) is 18.8. The van der Waals surface area contributed by atoms with Crippen molar-refractivity contribution in [2.24, 2.45) is 11.8 Å². The highest BCUT2D eigenvalue weighted by atomic mass is 16.1. The van der Waals surface area contributed by atoms with E-state index in [0.29, 0.717) is 11.7 Å². The van der Waals surface area contributed by atoms with Gasteiger partial charge >= 0.3 is 0 Å². The first-order valence-electron chi connectivity index (χ1n) is 6.01. The van der Waals surface area contributed by atoms with E-state index >= 15 is 0 Å². The van der Waals surface area contributed by atoms with Crippen LogP contribution in [0, 0.1) is 11.8 Å². The van der Waals surface area contributed by atoms with E-state index in [1.165, 1.54) is 25.9 Å². The molecule has 1 aromatic heterocycles. The van der Waals surface area contributed by atoms with Crippen LogP contribution in [0.3, 0.4) is 0 Å². The molecule has 3 fully saturated rings. The van der Waals surface area contributed by atoms with Gasteiger partial charge < -0.3 is 4.90 Å². The summed E-state index contributed by atoms with van der Waals surface area (Å²) >= 11 is 0. The lowest BCUT2D eigenvalue weighted by Crippen LogP contribution is -2.50. The van der Waals surface area contributed by atoms with Gasteiger partial charge in [0.15, 0.2) is 5.78 Å². The molecular formula is C13H16N2O. The molecule has 0 saturated carbocycles. The number of aromatic nitrogens is 1. The lowest BCUT2D eigenvalue weighted by Gasteiger charge is -2.44. The lowest BCUT2D eigenvalue weighted by molar-refractivity contribution is 0.0418. The fourth-order valence-electron chi connectivity index (χ4n) is 2.98. The molecule has 1 aromatic rings. The summed E-state index contributed by atoms with van der Waals surface area (Å²) in [7, 11) is 0. The maximum absolute atomic E-state index is 12.3. The standard InChI is InChI=1S/C13H16N2O/c16-13(11-2-1-5-14-8-11)12-9-15-6-3-10(12)4-7-15/h1-2,5,8,10,12H,3-4,6-7,9H2/t12-/m1/s1. The van der Waals surface area contributed by atoms with Gasteiger partial charge in [-0.2, -0.15) is 0 Å². The Morgan fingerprint density at radius 1 is 1.38 bits per heavy atom. The minimum absolute atomic E-state index is 0.215. The number of hydrogen-bond donors (Lipinski definition) is 0. The molecule has 0 spiro atoms. The van der Waals surface area contributed by atoms with Gasteiger partial charge in [-0.05, 0) is 44.0 Å². The van der Waals surface area contributed by atoms with E-state index in [1.54, 1.807) is 12.4 Å². The zero-order valence-corrected chi connectivity index (χ0v) is 9.30. The fourth-order valence-corrected chi connectivity index (χ4v) is 2.98. The van der Waals surface area contributed by atoms with Crippen LogP contribution in [-0.2, 0) is 0 Å². The van der Waals surface area contributed by atoms with E-state index < -0.39 is 0 Å². The summed E-state index contributed by atoms with van der Waals surface area (Å²) in [5, 5.41) is 0. The van der Waals surface area contributed by atoms with Crippen molar-refractivity contribution in [3.8, 4) is 0 Å². The molecule has 0 aliphatic carbocycles. The number of carbonyl (C=O) groups is 1. The number of nitrogens with zero attached hydrogens (tertiary/aromatic N) is 2. The summed E-state index contributed by atoms with van der Waals surface area (Å²) in [6.45, 7) is 3.32. The summed E-state index contributed by atoms with van der Waals surface area (Å²) in [6.07, 6.45) is 5.79. The minimum atomic E-state index is 0.215. The molecule has 3 aliphatic rings. The fraction of sp³-hybridized carbons (Fsp3) is 0.538. The molecule has 3 saturated heterocycles. The van der Waals surface area contributed by atoms with E-state index in [2.05, 4.69) is 9.88 Å². The Balaban J connectivity index is 1.81. The normalized spacial score (nSPS) is 32.6. The number of Topliss-reactive ketones (excluding diaryl/α,β-unsaturated/α-hetero) is 1. The van der Waals surface area contributed by atoms with Crippen LogP contribution in [0.2, 0.25) is 0 Å². The number of fused-ring (bicyclic) bond motifs is 3. The summed E-state index contributed by atoms with van der Waals surface area (Å²) in [5.41, 5.74) is 0.779. The number of pyridine rings is 1. The third kappa shape index (κ3) is 1.65. The molecule has 0 N–H and O–H groups in total. The van der Waals surface area contributed by atoms with Crippen LogP contribution < -0.4 is 0 Å². The van der Waals surface area contributed by atoms with E-state index in [9.17, 15) is 4.79 Å². The third-order valence-electron chi connectivity index (χ3n) is 3.94. The zero-order chi connectivity index (χ0) is 11.0. The quantitative estimate of drug-likeness (QED) is 0.704. The average Bonchev–Trinajstić information content (AvgIpc) is 2.40. The van der Waals surface area contributed by atoms with Crippen LogP contribution >= 0.6 is 0 Å². The molecule has 2 bridgehead atoms. The smallest absolute Gasteiger partial charge is 0.169 e. The maximum atomic E-state index is 12.3. The first-order chi connectivity index (χ1) is 7.84. The van der Waals surface area contributed by atoms with Crippen LogP contribution in [0.4, 0.5) is 0 Å². The van der Waals surface area contributed by atoms with Gasteiger partial charge in [-0.1, -0.05) is 0 Å². The van der Waals surface area contributed by atoms with Gasteiger partial charge in [0.05, 0.1) is 0 Å². The van der Waals surface area contributed by atoms with Crippen molar-refractivity contribution < 1.29 is 4.79 Å². The molecule has 4 heterocycles. The Kier molecular flexibility index (Phi) is 2.48. The van der Waals surface area contributed by atoms with Gasteiger partial charge in [-0.25, -0.2) is 0 Å². The summed E-state index contributed by atoms with van der Waals surface area (Å²) in [5.74, 6) is 1.12. The van der Waals surface area contributed by atoms with Crippen molar-refractivity contribution in [3.63, 3.8) is 0 Å². The molecule has 0 radical (unpaired) electrons. The molecule has 3 heteroatoms. The summed E-state index contributed by atoms with van der Waals surface area (Å²) in [6, 6.07) is 3.72. The van der Waals surface area contributed by atoms with E-state index in [-0.39, 0.29) is 5.92 Å². The topological polar surface area (TPSA) is 33.2 Å². The van der Waals surface area contributed by atoms with Crippen LogP contribution in [0.1, 0.15) is 23.2 Å². The van der Waals surface area contributed by atoms with Crippen molar-refractivity contribution in [3.05, 3.63) is 30.1 Å². The van der Waals surface area contributed by atoms with Gasteiger partial charge in [0.25, 0.3) is 0 Å². The van der Waals surface area contributed by atoms with E-state index in [0.717, 1.165) is 12.1 Å². The first-order valence-corrected chi connectivity index (χ1v) is 6.01. The molecule has 0 unspecified atom stereocenters. The predicted octanol–water partition coefficient (Wildman–Crippen LogP) is 1.61. The zero-order valence-electron chi connectivity index (χ0n) is 9.30. The van der Waals surface area contributed by atoms with Crippen molar-refractivity contribution in [2.75, 3.05) is 19.6 Å². The van der Waals surface area contributed by atoms with Gasteiger partial charge in [0.1, 0.15) is 0 Å². The van der Waals surface area contributed by atoms with Crippen molar-refractivity contribution in [2.45, 2.75) is 12.8 Å². The van der Waals surface area contributed by atoms with Crippen LogP contribution in [-0.4, -0.2) is 35.3 Å². The number of ketones is 1. The highest BCUT2D eigenvalue weighted by Crippen LogP contribution is 2.34. The number of rotatable bonds is 2. The van der Waals surface area contributed by atoms with Gasteiger partial charge in [0, 0.05) is 30.4 Å². The lowest BCUT2D eigenvalue weighted by atomic mass is 9.76. The Bertz CT molecular complexity index is 382. The molecule has 3 aliphatic heterocycles. The monoisotopic (exact) mass is 216 g/mol. The van der Waals surface area contributed by atoms with E-state index in [4.69, 9.17) is 0 Å². The average molecular weight is 216 g/mol.